The van der Waals surface area contributed by atoms with Crippen LogP contribution in [0.1, 0.15) is 17.9 Å². The second kappa shape index (κ2) is 14.8. The van der Waals surface area contributed by atoms with Crippen LogP contribution in [0.2, 0.25) is 0 Å². The molecule has 0 bridgehead atoms. The van der Waals surface area contributed by atoms with Crippen molar-refractivity contribution in [2.75, 3.05) is 0 Å². The second-order valence-corrected chi connectivity index (χ2v) is 15.4. The van der Waals surface area contributed by atoms with E-state index < -0.39 is 0 Å². The number of benzene rings is 9. The van der Waals surface area contributed by atoms with E-state index in [9.17, 15) is 0 Å². The lowest BCUT2D eigenvalue weighted by Gasteiger charge is -2.23. The van der Waals surface area contributed by atoms with E-state index in [0.717, 1.165) is 40.1 Å². The van der Waals surface area contributed by atoms with Crippen LogP contribution in [0.25, 0.3) is 94.2 Å². The fraction of sp³-hybridized carbons (Fsp3) is 0.0351. The molecule has 10 aromatic rings. The molecule has 1 aliphatic rings. The number of rotatable bonds is 7. The van der Waals surface area contributed by atoms with Gasteiger partial charge in [0.25, 0.3) is 0 Å². The maximum atomic E-state index is 5.14. The number of imidazole rings is 1. The standard InChI is InChI=1S/C57H40N2/c1-4-18-40(19-5-1)45-24-10-12-26-47(45)55-49-28-14-15-29-50(49)56(48-27-13-11-25-46(48)41-20-6-2-7-21-41)52-38-43(36-37-51(52)55)39-32-34-42(35-33-39)57-58-53-30-16-17-31-54(53)59(57)44-22-8-3-9-23-44/h1-20,22-38,41H,21H2. The average Bonchev–Trinajstić information content (AvgIpc) is 3.71. The van der Waals surface area contributed by atoms with Gasteiger partial charge in [0, 0.05) is 17.2 Å². The minimum absolute atomic E-state index is 0.305. The highest BCUT2D eigenvalue weighted by Crippen LogP contribution is 2.48. The SMILES string of the molecule is C1=CCC(c2ccccc2-c2c3ccccc3c(-c3ccccc3-c3ccccc3)c3ccc(-c4ccc(-c5nc6ccccc6n5-c5ccccc5)cc4)cc23)C=C1. The van der Waals surface area contributed by atoms with Crippen LogP contribution in [0.15, 0.2) is 224 Å². The van der Waals surface area contributed by atoms with Crippen LogP contribution in [0.5, 0.6) is 0 Å². The molecule has 0 saturated heterocycles. The highest BCUT2D eigenvalue weighted by atomic mass is 15.1. The van der Waals surface area contributed by atoms with Gasteiger partial charge in [0.15, 0.2) is 0 Å². The molecular weight excluding hydrogens is 713 g/mol. The average molecular weight is 753 g/mol. The Balaban J connectivity index is 1.14. The Labute approximate surface area is 344 Å². The van der Waals surface area contributed by atoms with Gasteiger partial charge in [0.2, 0.25) is 0 Å². The highest BCUT2D eigenvalue weighted by Gasteiger charge is 2.23. The first-order valence-corrected chi connectivity index (χ1v) is 20.5. The number of fused-ring (bicyclic) bond motifs is 3. The second-order valence-electron chi connectivity index (χ2n) is 15.4. The summed E-state index contributed by atoms with van der Waals surface area (Å²) in [5.74, 6) is 1.24. The van der Waals surface area contributed by atoms with E-state index in [4.69, 9.17) is 4.98 Å². The summed E-state index contributed by atoms with van der Waals surface area (Å²) in [6.07, 6.45) is 9.99. The van der Waals surface area contributed by atoms with Crippen molar-refractivity contribution in [3.63, 3.8) is 0 Å². The molecule has 11 rings (SSSR count). The van der Waals surface area contributed by atoms with Gasteiger partial charge < -0.3 is 0 Å². The Kier molecular flexibility index (Phi) is 8.67. The molecule has 59 heavy (non-hydrogen) atoms. The molecule has 1 atom stereocenters. The van der Waals surface area contributed by atoms with Gasteiger partial charge in [0.05, 0.1) is 11.0 Å². The Morgan fingerprint density at radius 1 is 0.424 bits per heavy atom. The molecule has 278 valence electrons. The van der Waals surface area contributed by atoms with E-state index in [0.29, 0.717) is 5.92 Å². The van der Waals surface area contributed by atoms with Crippen molar-refractivity contribution in [1.29, 1.82) is 0 Å². The maximum Gasteiger partial charge on any atom is 0.145 e. The number of hydrogen-bond donors (Lipinski definition) is 0. The van der Waals surface area contributed by atoms with Crippen molar-refractivity contribution in [2.24, 2.45) is 0 Å². The van der Waals surface area contributed by atoms with Gasteiger partial charge >= 0.3 is 0 Å². The Hall–Kier alpha value is -7.55. The third-order valence-corrected chi connectivity index (χ3v) is 12.0. The molecular formula is C57H40N2. The first-order chi connectivity index (χ1) is 29.3. The number of hydrogen-bond acceptors (Lipinski definition) is 1. The van der Waals surface area contributed by atoms with Crippen molar-refractivity contribution >= 4 is 32.6 Å². The zero-order valence-corrected chi connectivity index (χ0v) is 32.5. The van der Waals surface area contributed by atoms with Crippen molar-refractivity contribution in [3.05, 3.63) is 230 Å². The third kappa shape index (κ3) is 6.09. The van der Waals surface area contributed by atoms with E-state index in [-0.39, 0.29) is 0 Å². The van der Waals surface area contributed by atoms with Crippen molar-refractivity contribution in [1.82, 2.24) is 9.55 Å². The van der Waals surface area contributed by atoms with E-state index in [1.54, 1.807) is 0 Å². The summed E-state index contributed by atoms with van der Waals surface area (Å²) < 4.78 is 2.27. The molecule has 0 aliphatic heterocycles. The molecule has 1 heterocycles. The first kappa shape index (κ1) is 34.7. The van der Waals surface area contributed by atoms with E-state index in [2.05, 4.69) is 229 Å². The largest absolute Gasteiger partial charge is 0.292 e. The van der Waals surface area contributed by atoms with Crippen LogP contribution >= 0.6 is 0 Å². The molecule has 0 amide bonds. The number of para-hydroxylation sites is 3. The molecule has 2 heteroatoms. The molecule has 0 N–H and O–H groups in total. The van der Waals surface area contributed by atoms with Gasteiger partial charge in [-0.15, -0.1) is 0 Å². The van der Waals surface area contributed by atoms with E-state index in [1.807, 2.05) is 0 Å². The quantitative estimate of drug-likeness (QED) is 0.148. The summed E-state index contributed by atoms with van der Waals surface area (Å²) in [6.45, 7) is 0. The van der Waals surface area contributed by atoms with Crippen LogP contribution in [0, 0.1) is 0 Å². The predicted molar refractivity (Wildman–Crippen MR) is 249 cm³/mol. The summed E-state index contributed by atoms with van der Waals surface area (Å²) >= 11 is 0. The van der Waals surface area contributed by atoms with Crippen LogP contribution in [0.3, 0.4) is 0 Å². The highest BCUT2D eigenvalue weighted by molar-refractivity contribution is 6.23. The van der Waals surface area contributed by atoms with Crippen LogP contribution < -0.4 is 0 Å². The van der Waals surface area contributed by atoms with E-state index >= 15 is 0 Å². The maximum absolute atomic E-state index is 5.14. The minimum Gasteiger partial charge on any atom is -0.292 e. The molecule has 2 nitrogen and oxygen atoms in total. The molecule has 0 radical (unpaired) electrons. The minimum atomic E-state index is 0.305. The topological polar surface area (TPSA) is 17.8 Å². The number of nitrogens with zero attached hydrogens (tertiary/aromatic N) is 2. The van der Waals surface area contributed by atoms with Gasteiger partial charge in [-0.25, -0.2) is 4.98 Å². The molecule has 9 aromatic carbocycles. The summed E-state index contributed by atoms with van der Waals surface area (Å²) in [7, 11) is 0. The number of allylic oxidation sites excluding steroid dienone is 4. The monoisotopic (exact) mass is 752 g/mol. The van der Waals surface area contributed by atoms with E-state index in [1.165, 1.54) is 66.1 Å². The summed E-state index contributed by atoms with van der Waals surface area (Å²) in [5.41, 5.74) is 15.4. The fourth-order valence-corrected chi connectivity index (χ4v) is 9.24. The van der Waals surface area contributed by atoms with Crippen molar-refractivity contribution < 1.29 is 0 Å². The zero-order valence-electron chi connectivity index (χ0n) is 32.5. The Bertz CT molecular complexity index is 3220. The van der Waals surface area contributed by atoms with Crippen molar-refractivity contribution in [3.8, 4) is 61.6 Å². The van der Waals surface area contributed by atoms with Gasteiger partial charge in [-0.1, -0.05) is 194 Å². The number of aromatic nitrogens is 2. The van der Waals surface area contributed by atoms with Gasteiger partial charge in [-0.2, -0.15) is 0 Å². The van der Waals surface area contributed by atoms with Gasteiger partial charge in [0.1, 0.15) is 5.82 Å². The lowest BCUT2D eigenvalue weighted by molar-refractivity contribution is 0.856. The van der Waals surface area contributed by atoms with Gasteiger partial charge in [-0.05, 0) is 108 Å². The predicted octanol–water partition coefficient (Wildman–Crippen LogP) is 15.3. The van der Waals surface area contributed by atoms with Gasteiger partial charge in [-0.3, -0.25) is 4.57 Å². The third-order valence-electron chi connectivity index (χ3n) is 12.0. The normalized spacial score (nSPS) is 13.7. The van der Waals surface area contributed by atoms with Crippen LogP contribution in [0.4, 0.5) is 0 Å². The molecule has 0 spiro atoms. The molecule has 1 aliphatic carbocycles. The first-order valence-electron chi connectivity index (χ1n) is 20.5. The Morgan fingerprint density at radius 3 is 1.78 bits per heavy atom. The van der Waals surface area contributed by atoms with Crippen molar-refractivity contribution in [2.45, 2.75) is 12.3 Å². The van der Waals surface area contributed by atoms with Crippen LogP contribution in [-0.4, -0.2) is 9.55 Å². The van der Waals surface area contributed by atoms with Crippen LogP contribution in [-0.2, 0) is 0 Å². The molecule has 0 saturated carbocycles. The fourth-order valence-electron chi connectivity index (χ4n) is 9.24. The molecule has 1 aromatic heterocycles. The zero-order chi connectivity index (χ0) is 39.1. The summed E-state index contributed by atoms with van der Waals surface area (Å²) in [6, 6.07) is 72.7. The lowest BCUT2D eigenvalue weighted by atomic mass is 9.80. The Morgan fingerprint density at radius 2 is 1.02 bits per heavy atom. The lowest BCUT2D eigenvalue weighted by Crippen LogP contribution is -2.00. The summed E-state index contributed by atoms with van der Waals surface area (Å²) in [4.78, 5) is 5.14. The summed E-state index contributed by atoms with van der Waals surface area (Å²) in [5, 5.41) is 5.00. The molecule has 0 fully saturated rings. The molecule has 1 unspecified atom stereocenters. The smallest absolute Gasteiger partial charge is 0.145 e.